The van der Waals surface area contributed by atoms with E-state index < -0.39 is 5.91 Å². The molecule has 18 heavy (non-hydrogen) atoms. The van der Waals surface area contributed by atoms with Crippen LogP contribution in [0.25, 0.3) is 0 Å². The number of rotatable bonds is 7. The highest BCUT2D eigenvalue weighted by molar-refractivity contribution is 5.76. The van der Waals surface area contributed by atoms with E-state index in [0.29, 0.717) is 6.54 Å². The lowest BCUT2D eigenvalue weighted by Crippen LogP contribution is -2.35. The highest BCUT2D eigenvalue weighted by Crippen LogP contribution is 2.03. The van der Waals surface area contributed by atoms with Crippen LogP contribution in [0.4, 0.5) is 0 Å². The Kier molecular flexibility index (Phi) is 5.87. The van der Waals surface area contributed by atoms with Crippen LogP contribution in [0.2, 0.25) is 0 Å². The molecule has 1 amide bonds. The van der Waals surface area contributed by atoms with Crippen LogP contribution in [0, 0.1) is 0 Å². The summed E-state index contributed by atoms with van der Waals surface area (Å²) in [6, 6.07) is 9.42. The van der Waals surface area contributed by atoms with Gasteiger partial charge >= 0.3 is 5.97 Å². The fraction of sp³-hybridized carbons (Fsp3) is 0.385. The molecule has 1 unspecified atom stereocenters. The molecule has 1 rings (SSSR count). The Morgan fingerprint density at radius 2 is 1.94 bits per heavy atom. The molecule has 0 bridgehead atoms. The summed E-state index contributed by atoms with van der Waals surface area (Å²) in [5.74, 6) is -0.800. The first-order chi connectivity index (χ1) is 8.61. The summed E-state index contributed by atoms with van der Waals surface area (Å²) in [7, 11) is 1.32. The average molecular weight is 250 g/mol. The zero-order valence-corrected chi connectivity index (χ0v) is 10.4. The van der Waals surface area contributed by atoms with Crippen molar-refractivity contribution in [1.82, 2.24) is 5.32 Å². The van der Waals surface area contributed by atoms with Gasteiger partial charge in [-0.3, -0.25) is 9.59 Å². The highest BCUT2D eigenvalue weighted by Gasteiger charge is 2.16. The first kappa shape index (κ1) is 14.2. The van der Waals surface area contributed by atoms with Crippen LogP contribution in [0.5, 0.6) is 0 Å². The van der Waals surface area contributed by atoms with E-state index >= 15 is 0 Å². The summed E-state index contributed by atoms with van der Waals surface area (Å²) in [6.07, 6.45) is 0.244. The number of methoxy groups -OCH3 is 1. The lowest BCUT2D eigenvalue weighted by Gasteiger charge is -2.16. The second-order valence-electron chi connectivity index (χ2n) is 4.01. The van der Waals surface area contributed by atoms with Crippen LogP contribution >= 0.6 is 0 Å². The zero-order valence-electron chi connectivity index (χ0n) is 10.4. The summed E-state index contributed by atoms with van der Waals surface area (Å²) in [6.45, 7) is 0.579. The maximum absolute atomic E-state index is 11.2. The Bertz CT molecular complexity index is 392. The number of esters is 1. The van der Waals surface area contributed by atoms with Crippen LogP contribution in [0.1, 0.15) is 18.4 Å². The Balaban J connectivity index is 2.50. The second kappa shape index (κ2) is 7.45. The molecule has 0 aliphatic heterocycles. The molecule has 3 N–H and O–H groups in total. The monoisotopic (exact) mass is 250 g/mol. The summed E-state index contributed by atoms with van der Waals surface area (Å²) in [5, 5.41) is 3.13. The van der Waals surface area contributed by atoms with Crippen LogP contribution in [0.15, 0.2) is 30.3 Å². The number of carbonyl (C=O) groups is 2. The number of hydrogen-bond acceptors (Lipinski definition) is 4. The molecule has 0 aromatic heterocycles. The molecule has 1 atom stereocenters. The lowest BCUT2D eigenvalue weighted by atomic mass is 10.1. The molecule has 0 aliphatic carbocycles. The normalized spacial score (nSPS) is 11.8. The Labute approximate surface area is 106 Å². The Hall–Kier alpha value is -1.88. The highest BCUT2D eigenvalue weighted by atomic mass is 16.5. The minimum Gasteiger partial charge on any atom is -0.469 e. The van der Waals surface area contributed by atoms with Gasteiger partial charge in [0.25, 0.3) is 0 Å². The molecular weight excluding hydrogens is 232 g/mol. The third-order valence-electron chi connectivity index (χ3n) is 2.53. The molecule has 0 heterocycles. The predicted octanol–water partition coefficient (Wildman–Crippen LogP) is 0.583. The summed E-state index contributed by atoms with van der Waals surface area (Å²) < 4.78 is 4.58. The number of primary amides is 1. The van der Waals surface area contributed by atoms with E-state index in [2.05, 4.69) is 10.1 Å². The molecule has 0 saturated carbocycles. The standard InChI is InChI=1S/C13H18N2O3/c1-18-13(17)8-11(7-12(14)16)15-9-10-5-3-2-4-6-10/h2-6,11,15H,7-9H2,1H3,(H2,14,16). The van der Waals surface area contributed by atoms with Crippen molar-refractivity contribution in [3.05, 3.63) is 35.9 Å². The van der Waals surface area contributed by atoms with Crippen molar-refractivity contribution in [2.24, 2.45) is 5.73 Å². The Morgan fingerprint density at radius 1 is 1.28 bits per heavy atom. The first-order valence-electron chi connectivity index (χ1n) is 5.74. The predicted molar refractivity (Wildman–Crippen MR) is 67.5 cm³/mol. The summed E-state index contributed by atoms with van der Waals surface area (Å²) >= 11 is 0. The zero-order chi connectivity index (χ0) is 13.4. The maximum atomic E-state index is 11.2. The lowest BCUT2D eigenvalue weighted by molar-refractivity contribution is -0.141. The quantitative estimate of drug-likeness (QED) is 0.694. The van der Waals surface area contributed by atoms with Gasteiger partial charge in [0, 0.05) is 19.0 Å². The topological polar surface area (TPSA) is 81.4 Å². The number of benzene rings is 1. The van der Waals surface area contributed by atoms with Gasteiger partial charge in [0.05, 0.1) is 13.5 Å². The molecule has 1 aromatic rings. The van der Waals surface area contributed by atoms with Crippen molar-refractivity contribution in [1.29, 1.82) is 0 Å². The molecule has 1 aromatic carbocycles. The average Bonchev–Trinajstić information content (AvgIpc) is 2.36. The van der Waals surface area contributed by atoms with E-state index in [1.165, 1.54) is 7.11 Å². The van der Waals surface area contributed by atoms with Gasteiger partial charge in [-0.25, -0.2) is 0 Å². The smallest absolute Gasteiger partial charge is 0.307 e. The van der Waals surface area contributed by atoms with Crippen LogP contribution < -0.4 is 11.1 Å². The maximum Gasteiger partial charge on any atom is 0.307 e. The number of hydrogen-bond donors (Lipinski definition) is 2. The van der Waals surface area contributed by atoms with Crippen molar-refractivity contribution in [3.8, 4) is 0 Å². The molecule has 98 valence electrons. The van der Waals surface area contributed by atoms with Crippen molar-refractivity contribution >= 4 is 11.9 Å². The van der Waals surface area contributed by atoms with Crippen LogP contribution in [0.3, 0.4) is 0 Å². The SMILES string of the molecule is COC(=O)CC(CC(N)=O)NCc1ccccc1. The van der Waals surface area contributed by atoms with Gasteiger partial charge in [-0.05, 0) is 5.56 Å². The van der Waals surface area contributed by atoms with E-state index in [1.54, 1.807) is 0 Å². The van der Waals surface area contributed by atoms with E-state index in [9.17, 15) is 9.59 Å². The van der Waals surface area contributed by atoms with Gasteiger partial charge < -0.3 is 15.8 Å². The van der Waals surface area contributed by atoms with Gasteiger partial charge in [0.2, 0.25) is 5.91 Å². The van der Waals surface area contributed by atoms with Crippen LogP contribution in [-0.2, 0) is 20.9 Å². The minimum absolute atomic E-state index is 0.113. The third-order valence-corrected chi connectivity index (χ3v) is 2.53. The molecule has 0 aliphatic rings. The van der Waals surface area contributed by atoms with E-state index in [-0.39, 0.29) is 24.9 Å². The Morgan fingerprint density at radius 3 is 2.50 bits per heavy atom. The minimum atomic E-state index is -0.440. The van der Waals surface area contributed by atoms with Crippen LogP contribution in [-0.4, -0.2) is 25.0 Å². The third kappa shape index (κ3) is 5.45. The molecular formula is C13H18N2O3. The first-order valence-corrected chi connectivity index (χ1v) is 5.74. The van der Waals surface area contributed by atoms with E-state index in [0.717, 1.165) is 5.56 Å². The second-order valence-corrected chi connectivity index (χ2v) is 4.01. The molecule has 0 radical (unpaired) electrons. The fourth-order valence-electron chi connectivity index (χ4n) is 1.60. The number of nitrogens with two attached hydrogens (primary N) is 1. The van der Waals surface area contributed by atoms with Crippen molar-refractivity contribution in [3.63, 3.8) is 0 Å². The fourth-order valence-corrected chi connectivity index (χ4v) is 1.60. The number of nitrogens with one attached hydrogen (secondary N) is 1. The van der Waals surface area contributed by atoms with Gasteiger partial charge in [0.15, 0.2) is 0 Å². The van der Waals surface area contributed by atoms with E-state index in [4.69, 9.17) is 5.73 Å². The largest absolute Gasteiger partial charge is 0.469 e. The van der Waals surface area contributed by atoms with Gasteiger partial charge in [-0.15, -0.1) is 0 Å². The van der Waals surface area contributed by atoms with Gasteiger partial charge in [-0.2, -0.15) is 0 Å². The molecule has 0 saturated heterocycles. The summed E-state index contributed by atoms with van der Waals surface area (Å²) in [5.41, 5.74) is 6.23. The number of carbonyl (C=O) groups excluding carboxylic acids is 2. The number of ether oxygens (including phenoxy) is 1. The van der Waals surface area contributed by atoms with Crippen molar-refractivity contribution < 1.29 is 14.3 Å². The molecule has 0 spiro atoms. The molecule has 0 fully saturated rings. The van der Waals surface area contributed by atoms with E-state index in [1.807, 2.05) is 30.3 Å². The number of amides is 1. The molecule has 5 nitrogen and oxygen atoms in total. The summed E-state index contributed by atoms with van der Waals surface area (Å²) in [4.78, 5) is 22.1. The van der Waals surface area contributed by atoms with Gasteiger partial charge in [-0.1, -0.05) is 30.3 Å². The molecule has 5 heteroatoms. The van der Waals surface area contributed by atoms with Crippen molar-refractivity contribution in [2.45, 2.75) is 25.4 Å². The van der Waals surface area contributed by atoms with Crippen molar-refractivity contribution in [2.75, 3.05) is 7.11 Å². The van der Waals surface area contributed by atoms with Gasteiger partial charge in [0.1, 0.15) is 0 Å².